The van der Waals surface area contributed by atoms with Gasteiger partial charge in [0, 0.05) is 23.8 Å². The molecule has 0 bridgehead atoms. The summed E-state index contributed by atoms with van der Waals surface area (Å²) in [5.74, 6) is -0.277. The summed E-state index contributed by atoms with van der Waals surface area (Å²) in [5, 5.41) is 9.81. The van der Waals surface area contributed by atoms with Crippen LogP contribution in [0.5, 0.6) is 0 Å². The molecule has 0 aromatic heterocycles. The van der Waals surface area contributed by atoms with E-state index in [-0.39, 0.29) is 5.82 Å². The molecule has 18 heavy (non-hydrogen) atoms. The molecule has 1 aliphatic carbocycles. The van der Waals surface area contributed by atoms with Crippen LogP contribution in [0.15, 0.2) is 18.2 Å². The average molecular weight is 251 g/mol. The van der Waals surface area contributed by atoms with Gasteiger partial charge < -0.3 is 10.0 Å². The third kappa shape index (κ3) is 3.02. The van der Waals surface area contributed by atoms with E-state index in [1.54, 1.807) is 6.92 Å². The highest BCUT2D eigenvalue weighted by molar-refractivity contribution is 5.56. The van der Waals surface area contributed by atoms with Crippen molar-refractivity contribution in [1.29, 1.82) is 0 Å². The number of benzene rings is 1. The summed E-state index contributed by atoms with van der Waals surface area (Å²) in [6.45, 7) is 4.86. The normalized spacial score (nSPS) is 16.7. The molecular formula is C15H22FNO. The monoisotopic (exact) mass is 251 g/mol. The Morgan fingerprint density at radius 1 is 1.44 bits per heavy atom. The lowest BCUT2D eigenvalue weighted by Crippen LogP contribution is -2.28. The zero-order valence-corrected chi connectivity index (χ0v) is 11.2. The van der Waals surface area contributed by atoms with E-state index in [1.807, 2.05) is 6.07 Å². The van der Waals surface area contributed by atoms with Gasteiger partial charge in [0.25, 0.3) is 0 Å². The molecule has 0 heterocycles. The van der Waals surface area contributed by atoms with Crippen LogP contribution in [0, 0.1) is 5.82 Å². The molecule has 1 aromatic carbocycles. The SMILES string of the molecule is CCCCN(c1ccc(F)cc1C(C)O)C1CC1. The maximum Gasteiger partial charge on any atom is 0.123 e. The lowest BCUT2D eigenvalue weighted by atomic mass is 10.1. The summed E-state index contributed by atoms with van der Waals surface area (Å²) >= 11 is 0. The second kappa shape index (κ2) is 5.70. The molecule has 3 heteroatoms. The average Bonchev–Trinajstić information content (AvgIpc) is 3.15. The molecule has 2 nitrogen and oxygen atoms in total. The summed E-state index contributed by atoms with van der Waals surface area (Å²) in [4.78, 5) is 2.34. The Bertz CT molecular complexity index is 401. The second-order valence-corrected chi connectivity index (χ2v) is 5.16. The highest BCUT2D eigenvalue weighted by Crippen LogP contribution is 2.36. The molecule has 1 aromatic rings. The first-order chi connectivity index (χ1) is 8.63. The molecule has 1 unspecified atom stereocenters. The van der Waals surface area contributed by atoms with Crippen molar-refractivity contribution in [2.24, 2.45) is 0 Å². The van der Waals surface area contributed by atoms with Crippen molar-refractivity contribution in [1.82, 2.24) is 0 Å². The van der Waals surface area contributed by atoms with Gasteiger partial charge in [0.1, 0.15) is 5.82 Å². The van der Waals surface area contributed by atoms with Crippen molar-refractivity contribution in [2.45, 2.75) is 51.7 Å². The van der Waals surface area contributed by atoms with E-state index in [1.165, 1.54) is 25.0 Å². The van der Waals surface area contributed by atoms with E-state index in [0.29, 0.717) is 11.6 Å². The van der Waals surface area contributed by atoms with Crippen LogP contribution < -0.4 is 4.90 Å². The quantitative estimate of drug-likeness (QED) is 0.834. The molecule has 0 radical (unpaired) electrons. The number of unbranched alkanes of at least 4 members (excludes halogenated alkanes) is 1. The van der Waals surface area contributed by atoms with Crippen LogP contribution in [0.3, 0.4) is 0 Å². The summed E-state index contributed by atoms with van der Waals surface area (Å²) in [7, 11) is 0. The maximum absolute atomic E-state index is 13.3. The first-order valence-electron chi connectivity index (χ1n) is 6.87. The third-order valence-electron chi connectivity index (χ3n) is 3.49. The van der Waals surface area contributed by atoms with Crippen molar-refractivity contribution in [3.63, 3.8) is 0 Å². The Morgan fingerprint density at radius 2 is 2.17 bits per heavy atom. The standard InChI is InChI=1S/C15H22FNO/c1-3-4-9-17(13-6-7-13)15-8-5-12(16)10-14(15)11(2)18/h5,8,10-11,13,18H,3-4,6-7,9H2,1-2H3. The number of hydrogen-bond donors (Lipinski definition) is 1. The van der Waals surface area contributed by atoms with E-state index >= 15 is 0 Å². The molecule has 1 aliphatic rings. The van der Waals surface area contributed by atoms with Gasteiger partial charge in [0.2, 0.25) is 0 Å². The summed E-state index contributed by atoms with van der Waals surface area (Å²) < 4.78 is 13.3. The van der Waals surface area contributed by atoms with Crippen LogP contribution in [0.4, 0.5) is 10.1 Å². The molecular weight excluding hydrogens is 229 g/mol. The van der Waals surface area contributed by atoms with Gasteiger partial charge in [0.05, 0.1) is 6.10 Å². The van der Waals surface area contributed by atoms with Crippen LogP contribution in [-0.4, -0.2) is 17.7 Å². The zero-order valence-electron chi connectivity index (χ0n) is 11.2. The lowest BCUT2D eigenvalue weighted by molar-refractivity contribution is 0.199. The predicted octanol–water partition coefficient (Wildman–Crippen LogP) is 3.65. The summed E-state index contributed by atoms with van der Waals surface area (Å²) in [6.07, 6.45) is 4.07. The molecule has 0 aliphatic heterocycles. The fraction of sp³-hybridized carbons (Fsp3) is 0.600. The number of rotatable bonds is 6. The molecule has 0 amide bonds. The van der Waals surface area contributed by atoms with Crippen LogP contribution >= 0.6 is 0 Å². The fourth-order valence-corrected chi connectivity index (χ4v) is 2.34. The van der Waals surface area contributed by atoms with Crippen molar-refractivity contribution in [2.75, 3.05) is 11.4 Å². The van der Waals surface area contributed by atoms with E-state index in [9.17, 15) is 9.50 Å². The minimum Gasteiger partial charge on any atom is -0.389 e. The molecule has 1 N–H and O–H groups in total. The molecule has 2 rings (SSSR count). The lowest BCUT2D eigenvalue weighted by Gasteiger charge is -2.28. The number of aliphatic hydroxyl groups is 1. The largest absolute Gasteiger partial charge is 0.389 e. The van der Waals surface area contributed by atoms with Gasteiger partial charge in [-0.3, -0.25) is 0 Å². The van der Waals surface area contributed by atoms with Crippen LogP contribution in [0.25, 0.3) is 0 Å². The van der Waals surface area contributed by atoms with Crippen molar-refractivity contribution < 1.29 is 9.50 Å². The van der Waals surface area contributed by atoms with Crippen molar-refractivity contribution >= 4 is 5.69 Å². The number of nitrogens with zero attached hydrogens (tertiary/aromatic N) is 1. The molecule has 1 saturated carbocycles. The Balaban J connectivity index is 2.28. The van der Waals surface area contributed by atoms with Crippen LogP contribution in [0.2, 0.25) is 0 Å². The molecule has 1 fully saturated rings. The van der Waals surface area contributed by atoms with E-state index in [2.05, 4.69) is 11.8 Å². The summed E-state index contributed by atoms with van der Waals surface area (Å²) in [6, 6.07) is 5.34. The van der Waals surface area contributed by atoms with Crippen molar-refractivity contribution in [3.8, 4) is 0 Å². The predicted molar refractivity (Wildman–Crippen MR) is 72.3 cm³/mol. The van der Waals surface area contributed by atoms with Gasteiger partial charge in [-0.2, -0.15) is 0 Å². The fourth-order valence-electron chi connectivity index (χ4n) is 2.34. The van der Waals surface area contributed by atoms with Gasteiger partial charge in [-0.05, 0) is 44.4 Å². The third-order valence-corrected chi connectivity index (χ3v) is 3.49. The Morgan fingerprint density at radius 3 is 2.72 bits per heavy atom. The number of halogens is 1. The number of anilines is 1. The van der Waals surface area contributed by atoms with Gasteiger partial charge in [-0.25, -0.2) is 4.39 Å². The van der Waals surface area contributed by atoms with Gasteiger partial charge in [-0.15, -0.1) is 0 Å². The van der Waals surface area contributed by atoms with Crippen molar-refractivity contribution in [3.05, 3.63) is 29.6 Å². The zero-order chi connectivity index (χ0) is 13.1. The molecule has 0 spiro atoms. The molecule has 100 valence electrons. The van der Waals surface area contributed by atoms with E-state index in [0.717, 1.165) is 25.1 Å². The van der Waals surface area contributed by atoms with Gasteiger partial charge >= 0.3 is 0 Å². The molecule has 0 saturated heterocycles. The minimum atomic E-state index is -0.626. The first kappa shape index (κ1) is 13.3. The number of aliphatic hydroxyl groups excluding tert-OH is 1. The highest BCUT2D eigenvalue weighted by Gasteiger charge is 2.30. The first-order valence-corrected chi connectivity index (χ1v) is 6.87. The maximum atomic E-state index is 13.3. The minimum absolute atomic E-state index is 0.277. The van der Waals surface area contributed by atoms with E-state index in [4.69, 9.17) is 0 Å². The van der Waals surface area contributed by atoms with Gasteiger partial charge in [0.15, 0.2) is 0 Å². The van der Waals surface area contributed by atoms with Crippen LogP contribution in [-0.2, 0) is 0 Å². The van der Waals surface area contributed by atoms with E-state index < -0.39 is 6.10 Å². The Hall–Kier alpha value is -1.09. The molecule has 1 atom stereocenters. The Labute approximate surface area is 108 Å². The second-order valence-electron chi connectivity index (χ2n) is 5.16. The Kier molecular flexibility index (Phi) is 4.23. The highest BCUT2D eigenvalue weighted by atomic mass is 19.1. The topological polar surface area (TPSA) is 23.5 Å². The van der Waals surface area contributed by atoms with Gasteiger partial charge in [-0.1, -0.05) is 13.3 Å². The summed E-state index contributed by atoms with van der Waals surface area (Å²) in [5.41, 5.74) is 1.71. The number of hydrogen-bond acceptors (Lipinski definition) is 2. The smallest absolute Gasteiger partial charge is 0.123 e. The van der Waals surface area contributed by atoms with Crippen LogP contribution in [0.1, 0.15) is 51.2 Å².